The second kappa shape index (κ2) is 4.13. The number of methoxy groups -OCH3 is 1. The molecule has 0 atom stereocenters. The normalized spacial score (nSPS) is 12.0. The fraction of sp³-hybridized carbons (Fsp3) is 0.625. The number of quaternary nitrogens is 1. The second-order valence-corrected chi connectivity index (χ2v) is 3.40. The van der Waals surface area contributed by atoms with Crippen LogP contribution in [0.2, 0.25) is 0 Å². The maximum absolute atomic E-state index is 10.6. The molecule has 0 spiro atoms. The van der Waals surface area contributed by atoms with Gasteiger partial charge in [-0.05, 0) is 6.08 Å². The summed E-state index contributed by atoms with van der Waals surface area (Å²) >= 11 is 0. The molecule has 64 valence electrons. The van der Waals surface area contributed by atoms with Crippen LogP contribution in [0.15, 0.2) is 12.2 Å². The number of carbonyl (C=O) groups excluding carboxylic acids is 1. The summed E-state index contributed by atoms with van der Waals surface area (Å²) in [5.74, 6) is -0.293. The van der Waals surface area contributed by atoms with Crippen molar-refractivity contribution in [1.29, 1.82) is 0 Å². The van der Waals surface area contributed by atoms with E-state index >= 15 is 0 Å². The SMILES string of the molecule is COC(=O)C=CC[N+](C)(C)C. The summed E-state index contributed by atoms with van der Waals surface area (Å²) in [6.45, 7) is 0.828. The van der Waals surface area contributed by atoms with Crippen molar-refractivity contribution in [3.63, 3.8) is 0 Å². The molecule has 0 saturated carbocycles. The van der Waals surface area contributed by atoms with Crippen molar-refractivity contribution in [2.75, 3.05) is 34.8 Å². The van der Waals surface area contributed by atoms with Crippen molar-refractivity contribution >= 4 is 5.97 Å². The highest BCUT2D eigenvalue weighted by Crippen LogP contribution is 1.89. The van der Waals surface area contributed by atoms with Gasteiger partial charge in [0.05, 0.1) is 34.8 Å². The minimum absolute atomic E-state index is 0.293. The summed E-state index contributed by atoms with van der Waals surface area (Å²) < 4.78 is 5.25. The molecule has 0 aromatic carbocycles. The Morgan fingerprint density at radius 2 is 2.00 bits per heavy atom. The molecular formula is C8H16NO2+. The summed E-state index contributed by atoms with van der Waals surface area (Å²) in [5, 5.41) is 0. The van der Waals surface area contributed by atoms with Crippen molar-refractivity contribution in [2.24, 2.45) is 0 Å². The average Bonchev–Trinajstić information content (AvgIpc) is 1.85. The van der Waals surface area contributed by atoms with E-state index in [4.69, 9.17) is 0 Å². The Morgan fingerprint density at radius 3 is 2.36 bits per heavy atom. The molecule has 0 saturated heterocycles. The van der Waals surface area contributed by atoms with Crippen LogP contribution in [0, 0.1) is 0 Å². The van der Waals surface area contributed by atoms with Crippen LogP contribution in [0.3, 0.4) is 0 Å². The predicted octanol–water partition coefficient (Wildman–Crippen LogP) is 0.422. The van der Waals surface area contributed by atoms with Gasteiger partial charge in [-0.25, -0.2) is 4.79 Å². The number of nitrogens with zero attached hydrogens (tertiary/aromatic N) is 1. The Morgan fingerprint density at radius 1 is 1.45 bits per heavy atom. The van der Waals surface area contributed by atoms with Gasteiger partial charge in [-0.1, -0.05) is 0 Å². The van der Waals surface area contributed by atoms with Gasteiger partial charge in [-0.3, -0.25) is 0 Å². The molecule has 0 bridgehead atoms. The van der Waals surface area contributed by atoms with Crippen molar-refractivity contribution in [2.45, 2.75) is 0 Å². The second-order valence-electron chi connectivity index (χ2n) is 3.40. The molecule has 3 heteroatoms. The molecule has 11 heavy (non-hydrogen) atoms. The van der Waals surface area contributed by atoms with E-state index in [1.54, 1.807) is 0 Å². The molecule has 0 rings (SSSR count). The van der Waals surface area contributed by atoms with Crippen molar-refractivity contribution < 1.29 is 14.0 Å². The maximum Gasteiger partial charge on any atom is 0.330 e. The van der Waals surface area contributed by atoms with Crippen LogP contribution in [0.1, 0.15) is 0 Å². The van der Waals surface area contributed by atoms with Crippen LogP contribution >= 0.6 is 0 Å². The summed E-state index contributed by atoms with van der Waals surface area (Å²) in [5.41, 5.74) is 0. The molecule has 0 fully saturated rings. The van der Waals surface area contributed by atoms with E-state index in [2.05, 4.69) is 25.9 Å². The molecule has 0 aromatic heterocycles. The Kier molecular flexibility index (Phi) is 3.82. The van der Waals surface area contributed by atoms with E-state index in [1.165, 1.54) is 13.2 Å². The molecule has 0 amide bonds. The van der Waals surface area contributed by atoms with E-state index in [1.807, 2.05) is 6.08 Å². The lowest BCUT2D eigenvalue weighted by Gasteiger charge is -2.21. The van der Waals surface area contributed by atoms with E-state index in [9.17, 15) is 4.79 Å². The van der Waals surface area contributed by atoms with Crippen molar-refractivity contribution in [3.05, 3.63) is 12.2 Å². The van der Waals surface area contributed by atoms with Gasteiger partial charge in [-0.15, -0.1) is 0 Å². The monoisotopic (exact) mass is 158 g/mol. The van der Waals surface area contributed by atoms with E-state index in [0.717, 1.165) is 11.0 Å². The lowest BCUT2D eigenvalue weighted by molar-refractivity contribution is -0.864. The Hall–Kier alpha value is -0.830. The molecule has 0 radical (unpaired) electrons. The fourth-order valence-corrected chi connectivity index (χ4v) is 0.533. The maximum atomic E-state index is 10.6. The first-order valence-corrected chi connectivity index (χ1v) is 3.50. The highest BCUT2D eigenvalue weighted by molar-refractivity contribution is 5.81. The minimum atomic E-state index is -0.293. The lowest BCUT2D eigenvalue weighted by atomic mass is 10.4. The van der Waals surface area contributed by atoms with Gasteiger partial charge in [0.15, 0.2) is 0 Å². The number of hydrogen-bond donors (Lipinski definition) is 0. The summed E-state index contributed by atoms with van der Waals surface area (Å²) in [7, 11) is 7.55. The third-order valence-electron chi connectivity index (χ3n) is 1.11. The van der Waals surface area contributed by atoms with E-state index in [0.29, 0.717) is 0 Å². The standard InChI is InChI=1S/C8H16NO2/c1-9(2,3)7-5-6-8(10)11-4/h5-6H,7H2,1-4H3/q+1. The van der Waals surface area contributed by atoms with Crippen LogP contribution in [-0.4, -0.2) is 45.2 Å². The first kappa shape index (κ1) is 10.2. The van der Waals surface area contributed by atoms with Crippen molar-refractivity contribution in [1.82, 2.24) is 0 Å². The zero-order valence-electron chi connectivity index (χ0n) is 7.63. The minimum Gasteiger partial charge on any atom is -0.466 e. The summed E-state index contributed by atoms with van der Waals surface area (Å²) in [4.78, 5) is 10.6. The Balaban J connectivity index is 3.70. The van der Waals surface area contributed by atoms with Crippen LogP contribution in [0.4, 0.5) is 0 Å². The summed E-state index contributed by atoms with van der Waals surface area (Å²) in [6, 6.07) is 0. The molecule has 0 aliphatic rings. The molecular weight excluding hydrogens is 142 g/mol. The molecule has 0 unspecified atom stereocenters. The van der Waals surface area contributed by atoms with Crippen molar-refractivity contribution in [3.8, 4) is 0 Å². The van der Waals surface area contributed by atoms with Crippen LogP contribution in [0.25, 0.3) is 0 Å². The van der Waals surface area contributed by atoms with E-state index in [-0.39, 0.29) is 5.97 Å². The average molecular weight is 158 g/mol. The van der Waals surface area contributed by atoms with E-state index < -0.39 is 0 Å². The Labute approximate surface area is 67.8 Å². The smallest absolute Gasteiger partial charge is 0.330 e. The molecule has 0 N–H and O–H groups in total. The van der Waals surface area contributed by atoms with Gasteiger partial charge in [0, 0.05) is 6.08 Å². The zero-order chi connectivity index (χ0) is 8.91. The lowest BCUT2D eigenvalue weighted by Crippen LogP contribution is -2.34. The molecule has 3 nitrogen and oxygen atoms in total. The quantitative estimate of drug-likeness (QED) is 0.338. The number of carbonyl (C=O) groups is 1. The number of hydrogen-bond acceptors (Lipinski definition) is 2. The first-order chi connectivity index (χ1) is 4.95. The van der Waals surface area contributed by atoms with Gasteiger partial charge in [0.2, 0.25) is 0 Å². The highest BCUT2D eigenvalue weighted by atomic mass is 16.5. The zero-order valence-corrected chi connectivity index (χ0v) is 7.63. The molecule has 0 aliphatic carbocycles. The van der Waals surface area contributed by atoms with Crippen LogP contribution in [-0.2, 0) is 9.53 Å². The highest BCUT2D eigenvalue weighted by Gasteiger charge is 2.02. The number of esters is 1. The topological polar surface area (TPSA) is 26.3 Å². The van der Waals surface area contributed by atoms with Gasteiger partial charge in [0.1, 0.15) is 0 Å². The van der Waals surface area contributed by atoms with Crippen LogP contribution in [0.5, 0.6) is 0 Å². The number of likely N-dealkylation sites (N-methyl/N-ethyl adjacent to an activating group) is 1. The largest absolute Gasteiger partial charge is 0.466 e. The third-order valence-corrected chi connectivity index (χ3v) is 1.11. The molecule has 0 aliphatic heterocycles. The fourth-order valence-electron chi connectivity index (χ4n) is 0.533. The molecule has 0 heterocycles. The predicted molar refractivity (Wildman–Crippen MR) is 44.1 cm³/mol. The first-order valence-electron chi connectivity index (χ1n) is 3.50. The van der Waals surface area contributed by atoms with Gasteiger partial charge < -0.3 is 9.22 Å². The molecule has 0 aromatic rings. The van der Waals surface area contributed by atoms with Gasteiger partial charge in [0.25, 0.3) is 0 Å². The number of ether oxygens (including phenoxy) is 1. The number of rotatable bonds is 3. The third kappa shape index (κ3) is 7.06. The Bertz CT molecular complexity index is 156. The van der Waals surface area contributed by atoms with Gasteiger partial charge in [-0.2, -0.15) is 0 Å². The summed E-state index contributed by atoms with van der Waals surface area (Å²) in [6.07, 6.45) is 3.26. The van der Waals surface area contributed by atoms with Crippen LogP contribution < -0.4 is 0 Å². The van der Waals surface area contributed by atoms with Gasteiger partial charge >= 0.3 is 5.97 Å².